The molecule has 1 atom stereocenters. The highest BCUT2D eigenvalue weighted by molar-refractivity contribution is 5.21. The zero-order valence-corrected chi connectivity index (χ0v) is 10.7. The molecule has 19 heavy (non-hydrogen) atoms. The SMILES string of the molecule is CNC(Cc1cccnc1)Cc1cc(F)ccc1F. The molecule has 2 nitrogen and oxygen atoms in total. The van der Waals surface area contributed by atoms with E-state index in [0.29, 0.717) is 12.0 Å². The van der Waals surface area contributed by atoms with E-state index in [1.165, 1.54) is 12.1 Å². The molecule has 0 amide bonds. The van der Waals surface area contributed by atoms with E-state index in [-0.39, 0.29) is 11.9 Å². The number of benzene rings is 1. The third-order valence-electron chi connectivity index (χ3n) is 3.09. The van der Waals surface area contributed by atoms with Crippen LogP contribution in [0.15, 0.2) is 42.7 Å². The molecule has 100 valence electrons. The highest BCUT2D eigenvalue weighted by Gasteiger charge is 2.12. The van der Waals surface area contributed by atoms with Crippen LogP contribution in [0.2, 0.25) is 0 Å². The van der Waals surface area contributed by atoms with Crippen molar-refractivity contribution in [2.45, 2.75) is 18.9 Å². The molecule has 1 unspecified atom stereocenters. The third kappa shape index (κ3) is 3.83. The number of pyridine rings is 1. The molecule has 0 aliphatic rings. The van der Waals surface area contributed by atoms with E-state index in [0.717, 1.165) is 18.1 Å². The Kier molecular flexibility index (Phi) is 4.58. The maximum atomic E-state index is 13.6. The van der Waals surface area contributed by atoms with Gasteiger partial charge < -0.3 is 5.32 Å². The summed E-state index contributed by atoms with van der Waals surface area (Å²) in [6.07, 6.45) is 4.66. The van der Waals surface area contributed by atoms with E-state index in [4.69, 9.17) is 0 Å². The summed E-state index contributed by atoms with van der Waals surface area (Å²) in [5.74, 6) is -0.777. The summed E-state index contributed by atoms with van der Waals surface area (Å²) in [5, 5.41) is 3.13. The first kappa shape index (κ1) is 13.6. The number of hydrogen-bond acceptors (Lipinski definition) is 2. The summed E-state index contributed by atoms with van der Waals surface area (Å²) in [6.45, 7) is 0. The van der Waals surface area contributed by atoms with Gasteiger partial charge in [-0.3, -0.25) is 4.98 Å². The maximum absolute atomic E-state index is 13.6. The van der Waals surface area contributed by atoms with E-state index in [9.17, 15) is 8.78 Å². The quantitative estimate of drug-likeness (QED) is 0.896. The molecule has 2 aromatic rings. The molecular formula is C15H16F2N2. The van der Waals surface area contributed by atoms with E-state index in [1.54, 1.807) is 12.4 Å². The first-order valence-corrected chi connectivity index (χ1v) is 6.19. The Balaban J connectivity index is 2.09. The van der Waals surface area contributed by atoms with Crippen molar-refractivity contribution < 1.29 is 8.78 Å². The van der Waals surface area contributed by atoms with Gasteiger partial charge in [0.25, 0.3) is 0 Å². The molecule has 0 fully saturated rings. The number of halogens is 2. The number of aromatic nitrogens is 1. The van der Waals surface area contributed by atoms with Gasteiger partial charge in [0.15, 0.2) is 0 Å². The van der Waals surface area contributed by atoms with E-state index >= 15 is 0 Å². The highest BCUT2D eigenvalue weighted by Crippen LogP contribution is 2.14. The minimum absolute atomic E-state index is 0.0421. The molecule has 1 aromatic carbocycles. The molecule has 0 saturated carbocycles. The van der Waals surface area contributed by atoms with Crippen molar-refractivity contribution in [2.75, 3.05) is 7.05 Å². The predicted molar refractivity (Wildman–Crippen MR) is 70.9 cm³/mol. The number of nitrogens with one attached hydrogen (secondary N) is 1. The van der Waals surface area contributed by atoms with Crippen molar-refractivity contribution in [3.63, 3.8) is 0 Å². The first-order valence-electron chi connectivity index (χ1n) is 6.19. The van der Waals surface area contributed by atoms with Gasteiger partial charge in [0, 0.05) is 18.4 Å². The van der Waals surface area contributed by atoms with Crippen molar-refractivity contribution in [2.24, 2.45) is 0 Å². The summed E-state index contributed by atoms with van der Waals surface area (Å²) in [5.41, 5.74) is 1.46. The topological polar surface area (TPSA) is 24.9 Å². The Morgan fingerprint density at radius 2 is 2.05 bits per heavy atom. The Morgan fingerprint density at radius 3 is 2.74 bits per heavy atom. The molecule has 0 spiro atoms. The minimum Gasteiger partial charge on any atom is -0.316 e. The fourth-order valence-electron chi connectivity index (χ4n) is 2.04. The average molecular weight is 262 g/mol. The third-order valence-corrected chi connectivity index (χ3v) is 3.09. The summed E-state index contributed by atoms with van der Waals surface area (Å²) < 4.78 is 26.7. The monoisotopic (exact) mass is 262 g/mol. The maximum Gasteiger partial charge on any atom is 0.126 e. The van der Waals surface area contributed by atoms with Gasteiger partial charge in [0.2, 0.25) is 0 Å². The van der Waals surface area contributed by atoms with E-state index < -0.39 is 5.82 Å². The highest BCUT2D eigenvalue weighted by atomic mass is 19.1. The lowest BCUT2D eigenvalue weighted by Gasteiger charge is -2.16. The first-order chi connectivity index (χ1) is 9.19. The van der Waals surface area contributed by atoms with Crippen LogP contribution in [0.5, 0.6) is 0 Å². The van der Waals surface area contributed by atoms with Gasteiger partial charge in [-0.1, -0.05) is 6.07 Å². The Morgan fingerprint density at radius 1 is 1.21 bits per heavy atom. The Hall–Kier alpha value is -1.81. The van der Waals surface area contributed by atoms with Crippen molar-refractivity contribution in [3.8, 4) is 0 Å². The fraction of sp³-hybridized carbons (Fsp3) is 0.267. The van der Waals surface area contributed by atoms with Crippen LogP contribution >= 0.6 is 0 Å². The molecule has 1 N–H and O–H groups in total. The van der Waals surface area contributed by atoms with Crippen LogP contribution in [-0.2, 0) is 12.8 Å². The van der Waals surface area contributed by atoms with Crippen LogP contribution in [0.4, 0.5) is 8.78 Å². The second-order valence-electron chi connectivity index (χ2n) is 4.49. The van der Waals surface area contributed by atoms with Gasteiger partial charge in [-0.15, -0.1) is 0 Å². The molecule has 0 saturated heterocycles. The molecule has 1 aromatic heterocycles. The van der Waals surface area contributed by atoms with Gasteiger partial charge in [-0.25, -0.2) is 8.78 Å². The van der Waals surface area contributed by atoms with Gasteiger partial charge in [-0.2, -0.15) is 0 Å². The Bertz CT molecular complexity index is 529. The predicted octanol–water partition coefficient (Wildman–Crippen LogP) is 2.73. The van der Waals surface area contributed by atoms with Crippen molar-refractivity contribution in [3.05, 3.63) is 65.5 Å². The fourth-order valence-corrected chi connectivity index (χ4v) is 2.04. The second kappa shape index (κ2) is 6.38. The molecule has 4 heteroatoms. The van der Waals surface area contributed by atoms with Gasteiger partial charge in [0.1, 0.15) is 11.6 Å². The molecular weight excluding hydrogens is 246 g/mol. The van der Waals surface area contributed by atoms with E-state index in [2.05, 4.69) is 10.3 Å². The van der Waals surface area contributed by atoms with Crippen molar-refractivity contribution in [1.82, 2.24) is 10.3 Å². The normalized spacial score (nSPS) is 12.4. The number of likely N-dealkylation sites (N-methyl/N-ethyl adjacent to an activating group) is 1. The number of rotatable bonds is 5. The van der Waals surface area contributed by atoms with Crippen LogP contribution in [0.1, 0.15) is 11.1 Å². The van der Waals surface area contributed by atoms with Crippen molar-refractivity contribution >= 4 is 0 Å². The summed E-state index contributed by atoms with van der Waals surface area (Å²) in [6, 6.07) is 7.43. The molecule has 0 aliphatic heterocycles. The number of nitrogens with zero attached hydrogens (tertiary/aromatic N) is 1. The minimum atomic E-state index is -0.410. The van der Waals surface area contributed by atoms with E-state index in [1.807, 2.05) is 19.2 Å². The average Bonchev–Trinajstić information content (AvgIpc) is 2.43. The van der Waals surface area contributed by atoms with Gasteiger partial charge >= 0.3 is 0 Å². The largest absolute Gasteiger partial charge is 0.316 e. The molecule has 1 heterocycles. The van der Waals surface area contributed by atoms with Crippen LogP contribution in [0, 0.1) is 11.6 Å². The van der Waals surface area contributed by atoms with Crippen LogP contribution in [0.3, 0.4) is 0 Å². The lowest BCUT2D eigenvalue weighted by Crippen LogP contribution is -2.30. The molecule has 2 rings (SSSR count). The van der Waals surface area contributed by atoms with Gasteiger partial charge in [0.05, 0.1) is 0 Å². The lowest BCUT2D eigenvalue weighted by molar-refractivity contribution is 0.525. The standard InChI is InChI=1S/C15H16F2N2/c1-18-14(7-11-3-2-6-19-10-11)9-12-8-13(16)4-5-15(12)17/h2-6,8,10,14,18H,7,9H2,1H3. The van der Waals surface area contributed by atoms with Crippen LogP contribution in [0.25, 0.3) is 0 Å². The second-order valence-corrected chi connectivity index (χ2v) is 4.49. The number of hydrogen-bond donors (Lipinski definition) is 1. The smallest absolute Gasteiger partial charge is 0.126 e. The molecule has 0 aliphatic carbocycles. The molecule has 0 bridgehead atoms. The summed E-state index contributed by atoms with van der Waals surface area (Å²) in [4.78, 5) is 4.05. The Labute approximate surface area is 111 Å². The van der Waals surface area contributed by atoms with Crippen molar-refractivity contribution in [1.29, 1.82) is 0 Å². The zero-order valence-electron chi connectivity index (χ0n) is 10.7. The van der Waals surface area contributed by atoms with Crippen LogP contribution in [-0.4, -0.2) is 18.1 Å². The zero-order chi connectivity index (χ0) is 13.7. The van der Waals surface area contributed by atoms with Crippen LogP contribution < -0.4 is 5.32 Å². The lowest BCUT2D eigenvalue weighted by atomic mass is 9.99. The summed E-state index contributed by atoms with van der Waals surface area (Å²) >= 11 is 0. The summed E-state index contributed by atoms with van der Waals surface area (Å²) in [7, 11) is 1.82. The van der Waals surface area contributed by atoms with Gasteiger partial charge in [-0.05, 0) is 55.3 Å². The molecule has 0 radical (unpaired) electrons.